The molecule has 82 valence electrons. The third-order valence-corrected chi connectivity index (χ3v) is 2.15. The average Bonchev–Trinajstić information content (AvgIpc) is 2.70. The summed E-state index contributed by atoms with van der Waals surface area (Å²) >= 11 is 0. The van der Waals surface area contributed by atoms with Gasteiger partial charge in [0.05, 0.1) is 6.54 Å². The molecular formula is C11H10FN3O. The summed E-state index contributed by atoms with van der Waals surface area (Å²) in [5.74, 6) is -0.833. The van der Waals surface area contributed by atoms with Gasteiger partial charge in [-0.2, -0.15) is 5.10 Å². The molecule has 0 aliphatic rings. The number of benzene rings is 1. The molecule has 0 radical (unpaired) electrons. The van der Waals surface area contributed by atoms with Gasteiger partial charge in [-0.25, -0.2) is 4.39 Å². The minimum atomic E-state index is -0.558. The molecule has 0 saturated heterocycles. The van der Waals surface area contributed by atoms with Crippen LogP contribution < -0.4 is 5.73 Å². The summed E-state index contributed by atoms with van der Waals surface area (Å²) in [6.07, 6.45) is 1.66. The Labute approximate surface area is 91.5 Å². The van der Waals surface area contributed by atoms with Crippen molar-refractivity contribution in [1.29, 1.82) is 0 Å². The molecule has 0 unspecified atom stereocenters. The first kappa shape index (κ1) is 10.4. The molecule has 1 heterocycles. The van der Waals surface area contributed by atoms with Crippen molar-refractivity contribution >= 4 is 5.91 Å². The molecule has 0 saturated carbocycles. The van der Waals surface area contributed by atoms with Crippen molar-refractivity contribution in [2.24, 2.45) is 5.73 Å². The molecular weight excluding hydrogens is 209 g/mol. The number of nitrogens with two attached hydrogens (primary N) is 1. The Hall–Kier alpha value is -2.17. The Balaban J connectivity index is 2.14. The lowest BCUT2D eigenvalue weighted by atomic mass is 10.2. The van der Waals surface area contributed by atoms with Gasteiger partial charge in [0.2, 0.25) is 0 Å². The second kappa shape index (κ2) is 4.14. The van der Waals surface area contributed by atoms with E-state index in [2.05, 4.69) is 5.10 Å². The predicted octanol–water partition coefficient (Wildman–Crippen LogP) is 1.17. The van der Waals surface area contributed by atoms with E-state index >= 15 is 0 Å². The molecule has 0 atom stereocenters. The van der Waals surface area contributed by atoms with Crippen LogP contribution in [0.2, 0.25) is 0 Å². The van der Waals surface area contributed by atoms with Gasteiger partial charge in [-0.3, -0.25) is 9.48 Å². The number of carbonyl (C=O) groups excluding carboxylic acids is 1. The molecule has 0 fully saturated rings. The van der Waals surface area contributed by atoms with Crippen LogP contribution in [0.5, 0.6) is 0 Å². The number of nitrogens with zero attached hydrogens (tertiary/aromatic N) is 2. The Morgan fingerprint density at radius 1 is 1.31 bits per heavy atom. The summed E-state index contributed by atoms with van der Waals surface area (Å²) in [5.41, 5.74) is 6.20. The highest BCUT2D eigenvalue weighted by molar-refractivity contribution is 5.90. The second-order valence-electron chi connectivity index (χ2n) is 3.39. The van der Waals surface area contributed by atoms with Crippen molar-refractivity contribution in [3.05, 3.63) is 53.6 Å². The predicted molar refractivity (Wildman–Crippen MR) is 56.2 cm³/mol. The fourth-order valence-electron chi connectivity index (χ4n) is 1.36. The van der Waals surface area contributed by atoms with E-state index < -0.39 is 5.91 Å². The summed E-state index contributed by atoms with van der Waals surface area (Å²) < 4.78 is 14.2. The molecule has 1 aromatic carbocycles. The molecule has 5 heteroatoms. The first-order chi connectivity index (χ1) is 7.65. The molecule has 0 aliphatic carbocycles. The Bertz CT molecular complexity index is 504. The Morgan fingerprint density at radius 2 is 2.00 bits per heavy atom. The highest BCUT2D eigenvalue weighted by atomic mass is 19.1. The molecule has 2 aromatic rings. The van der Waals surface area contributed by atoms with Gasteiger partial charge in [-0.1, -0.05) is 12.1 Å². The minimum Gasteiger partial charge on any atom is -0.364 e. The van der Waals surface area contributed by atoms with Crippen molar-refractivity contribution in [3.63, 3.8) is 0 Å². The van der Waals surface area contributed by atoms with E-state index in [1.807, 2.05) is 0 Å². The summed E-state index contributed by atoms with van der Waals surface area (Å²) in [4.78, 5) is 10.8. The maximum Gasteiger partial charge on any atom is 0.269 e. The van der Waals surface area contributed by atoms with Crippen LogP contribution in [0.4, 0.5) is 4.39 Å². The van der Waals surface area contributed by atoms with Crippen molar-refractivity contribution in [3.8, 4) is 0 Å². The summed E-state index contributed by atoms with van der Waals surface area (Å²) in [6.45, 7) is 0.480. The first-order valence-corrected chi connectivity index (χ1v) is 4.73. The number of carbonyl (C=O) groups is 1. The average molecular weight is 219 g/mol. The summed E-state index contributed by atoms with van der Waals surface area (Å²) in [7, 11) is 0. The summed E-state index contributed by atoms with van der Waals surface area (Å²) in [5, 5.41) is 3.98. The van der Waals surface area contributed by atoms with Crippen LogP contribution in [0.1, 0.15) is 16.1 Å². The standard InChI is InChI=1S/C11H10FN3O/c12-9-3-1-8(2-4-9)7-15-6-5-10(14-15)11(13)16/h1-6H,7H2,(H2,13,16). The van der Waals surface area contributed by atoms with Gasteiger partial charge in [0.1, 0.15) is 11.5 Å². The number of hydrogen-bond donors (Lipinski definition) is 1. The normalized spacial score (nSPS) is 10.3. The van der Waals surface area contributed by atoms with Gasteiger partial charge >= 0.3 is 0 Å². The molecule has 0 bridgehead atoms. The number of primary amides is 1. The fraction of sp³-hybridized carbons (Fsp3) is 0.0909. The number of hydrogen-bond acceptors (Lipinski definition) is 2. The first-order valence-electron chi connectivity index (χ1n) is 4.73. The molecule has 4 nitrogen and oxygen atoms in total. The zero-order valence-electron chi connectivity index (χ0n) is 8.43. The molecule has 2 N–H and O–H groups in total. The van der Waals surface area contributed by atoms with Crippen molar-refractivity contribution < 1.29 is 9.18 Å². The van der Waals surface area contributed by atoms with Crippen molar-refractivity contribution in [2.45, 2.75) is 6.54 Å². The monoisotopic (exact) mass is 219 g/mol. The van der Waals surface area contributed by atoms with Gasteiger partial charge < -0.3 is 5.73 Å². The Kier molecular flexibility index (Phi) is 2.68. The molecule has 16 heavy (non-hydrogen) atoms. The van der Waals surface area contributed by atoms with Crippen LogP contribution in [-0.4, -0.2) is 15.7 Å². The number of amides is 1. The number of rotatable bonds is 3. The van der Waals surface area contributed by atoms with Gasteiger partial charge in [0, 0.05) is 6.20 Å². The van der Waals surface area contributed by atoms with Gasteiger partial charge in [0.25, 0.3) is 5.91 Å². The molecule has 2 rings (SSSR count). The molecule has 1 amide bonds. The van der Waals surface area contributed by atoms with E-state index in [1.54, 1.807) is 29.1 Å². The quantitative estimate of drug-likeness (QED) is 0.842. The van der Waals surface area contributed by atoms with Crippen LogP contribution in [0.25, 0.3) is 0 Å². The van der Waals surface area contributed by atoms with E-state index in [0.29, 0.717) is 6.54 Å². The molecule has 1 aromatic heterocycles. The van der Waals surface area contributed by atoms with Crippen molar-refractivity contribution in [2.75, 3.05) is 0 Å². The largest absolute Gasteiger partial charge is 0.364 e. The van der Waals surface area contributed by atoms with Gasteiger partial charge in [0.15, 0.2) is 0 Å². The van der Waals surface area contributed by atoms with Crippen LogP contribution in [0.15, 0.2) is 36.5 Å². The van der Waals surface area contributed by atoms with E-state index in [4.69, 9.17) is 5.73 Å². The van der Waals surface area contributed by atoms with Crippen LogP contribution >= 0.6 is 0 Å². The second-order valence-corrected chi connectivity index (χ2v) is 3.39. The van der Waals surface area contributed by atoms with Gasteiger partial charge in [-0.05, 0) is 23.8 Å². The number of halogens is 1. The lowest BCUT2D eigenvalue weighted by Gasteiger charge is -2.01. The maximum absolute atomic E-state index is 12.7. The lowest BCUT2D eigenvalue weighted by molar-refractivity contribution is 0.0995. The highest BCUT2D eigenvalue weighted by Gasteiger charge is 2.04. The van der Waals surface area contributed by atoms with Crippen LogP contribution in [0, 0.1) is 5.82 Å². The molecule has 0 spiro atoms. The third kappa shape index (κ3) is 2.25. The fourth-order valence-corrected chi connectivity index (χ4v) is 1.36. The zero-order valence-corrected chi connectivity index (χ0v) is 8.43. The topological polar surface area (TPSA) is 60.9 Å². The lowest BCUT2D eigenvalue weighted by Crippen LogP contribution is -2.12. The smallest absolute Gasteiger partial charge is 0.269 e. The number of aromatic nitrogens is 2. The SMILES string of the molecule is NC(=O)c1ccn(Cc2ccc(F)cc2)n1. The van der Waals surface area contributed by atoms with E-state index in [1.165, 1.54) is 12.1 Å². The van der Waals surface area contributed by atoms with E-state index in [-0.39, 0.29) is 11.5 Å². The highest BCUT2D eigenvalue weighted by Crippen LogP contribution is 2.05. The van der Waals surface area contributed by atoms with Crippen molar-refractivity contribution in [1.82, 2.24) is 9.78 Å². The summed E-state index contributed by atoms with van der Waals surface area (Å²) in [6, 6.07) is 7.65. The Morgan fingerprint density at radius 3 is 2.56 bits per heavy atom. The van der Waals surface area contributed by atoms with E-state index in [0.717, 1.165) is 5.56 Å². The van der Waals surface area contributed by atoms with Crippen LogP contribution in [-0.2, 0) is 6.54 Å². The minimum absolute atomic E-state index is 0.224. The maximum atomic E-state index is 12.7. The van der Waals surface area contributed by atoms with E-state index in [9.17, 15) is 9.18 Å². The zero-order chi connectivity index (χ0) is 11.5. The third-order valence-electron chi connectivity index (χ3n) is 2.15. The van der Waals surface area contributed by atoms with Gasteiger partial charge in [-0.15, -0.1) is 0 Å². The van der Waals surface area contributed by atoms with Crippen LogP contribution in [0.3, 0.4) is 0 Å². The molecule has 0 aliphatic heterocycles.